The number of pyridine rings is 1. The molecule has 3 aliphatic rings. The molecule has 3 fully saturated rings. The molecular weight excluding hydrogens is 669 g/mol. The molecule has 1 saturated carbocycles. The van der Waals surface area contributed by atoms with Gasteiger partial charge in [0.1, 0.15) is 29.7 Å². The number of halogens is 2. The van der Waals surface area contributed by atoms with Gasteiger partial charge in [0.15, 0.2) is 11.6 Å². The Bertz CT molecular complexity index is 1940. The first kappa shape index (κ1) is 34.3. The number of rotatable bonds is 11. The number of benzene rings is 2. The van der Waals surface area contributed by atoms with Gasteiger partial charge in [0.2, 0.25) is 11.3 Å². The number of carbonyl (C=O) groups excluding carboxylic acids is 2. The molecule has 3 heterocycles. The Kier molecular flexibility index (Phi) is 9.15. The summed E-state index contributed by atoms with van der Waals surface area (Å²) in [6.45, 7) is 2.52. The fourth-order valence-corrected chi connectivity index (χ4v) is 7.22. The number of carboxylic acids is 1. The van der Waals surface area contributed by atoms with Crippen LogP contribution in [0.2, 0.25) is 0 Å². The Balaban J connectivity index is 1.18. The molecule has 2 atom stereocenters. The molecule has 3 aromatic rings. The highest BCUT2D eigenvalue weighted by molar-refractivity contribution is 7.51. The molecule has 49 heavy (non-hydrogen) atoms. The van der Waals surface area contributed by atoms with Gasteiger partial charge in [-0.25, -0.2) is 18.4 Å². The van der Waals surface area contributed by atoms with Crippen LogP contribution in [-0.2, 0) is 18.6 Å². The summed E-state index contributed by atoms with van der Waals surface area (Å²) in [5, 5.41) is 12.0. The summed E-state index contributed by atoms with van der Waals surface area (Å²) in [6.07, 6.45) is 1.74. The minimum absolute atomic E-state index is 0.00656. The zero-order valence-corrected chi connectivity index (χ0v) is 27.6. The fourth-order valence-electron chi connectivity index (χ4n) is 6.26. The van der Waals surface area contributed by atoms with E-state index in [1.165, 1.54) is 36.2 Å². The SMILES string of the molecule is CC(=O)NCC1CN(c2ccc(OCC3(OP(C)(=O)O)CCN(c4cc5c(cc4F)c(=O)c(C(=O)O)cn5C4CC4)CC3)c(F)c2)C(=O)O1. The van der Waals surface area contributed by atoms with Crippen molar-refractivity contribution < 1.29 is 51.7 Å². The Morgan fingerprint density at radius 3 is 2.45 bits per heavy atom. The standard InChI is InChI=1S/C32H35F2N4O10P/c1-18(39)35-14-21-15-38(31(43)47-21)20-5-6-28(25(34)11-20)46-17-32(48-49(2,44)45)7-9-36(10-8-32)27-13-26-22(12-24(27)33)29(40)23(30(41)42)16-37(26)19-3-4-19/h5-6,11-13,16,19,21H,3-4,7-10,14-15,17H2,1-2H3,(H,35,39)(H,41,42)(H,44,45). The van der Waals surface area contributed by atoms with Crippen molar-refractivity contribution in [3.05, 3.63) is 63.9 Å². The van der Waals surface area contributed by atoms with E-state index in [-0.39, 0.29) is 80.1 Å². The number of ether oxygens (including phenoxy) is 2. The average molecular weight is 705 g/mol. The molecule has 2 aliphatic heterocycles. The third-order valence-electron chi connectivity index (χ3n) is 8.82. The normalized spacial score (nSPS) is 20.2. The third-order valence-corrected chi connectivity index (χ3v) is 9.55. The molecule has 1 aromatic heterocycles. The number of nitrogens with one attached hydrogen (secondary N) is 1. The van der Waals surface area contributed by atoms with E-state index in [1.807, 2.05) is 0 Å². The van der Waals surface area contributed by atoms with Gasteiger partial charge in [-0.3, -0.25) is 23.6 Å². The number of anilines is 2. The first-order valence-electron chi connectivity index (χ1n) is 15.7. The highest BCUT2D eigenvalue weighted by Crippen LogP contribution is 2.47. The van der Waals surface area contributed by atoms with E-state index >= 15 is 8.78 Å². The topological polar surface area (TPSA) is 177 Å². The van der Waals surface area contributed by atoms with Crippen LogP contribution in [0.25, 0.3) is 10.9 Å². The predicted octanol–water partition coefficient (Wildman–Crippen LogP) is 4.02. The molecule has 2 saturated heterocycles. The maximum atomic E-state index is 15.5. The zero-order chi connectivity index (χ0) is 35.2. The van der Waals surface area contributed by atoms with Gasteiger partial charge in [0, 0.05) is 50.4 Å². The minimum Gasteiger partial charge on any atom is -0.487 e. The van der Waals surface area contributed by atoms with E-state index in [2.05, 4.69) is 5.32 Å². The number of carboxylic acid groups (broad SMARTS) is 1. The molecular formula is C32H35F2N4O10P. The van der Waals surface area contributed by atoms with Crippen molar-refractivity contribution in [1.29, 1.82) is 0 Å². The van der Waals surface area contributed by atoms with Gasteiger partial charge in [0.25, 0.3) is 0 Å². The maximum Gasteiger partial charge on any atom is 0.414 e. The average Bonchev–Trinajstić information content (AvgIpc) is 3.80. The first-order chi connectivity index (χ1) is 23.1. The monoisotopic (exact) mass is 704 g/mol. The molecule has 0 bridgehead atoms. The van der Waals surface area contributed by atoms with Crippen molar-refractivity contribution in [2.24, 2.45) is 0 Å². The number of nitrogens with zero attached hydrogens (tertiary/aromatic N) is 3. The molecule has 2 amide bonds. The van der Waals surface area contributed by atoms with Gasteiger partial charge in [0.05, 0.1) is 30.0 Å². The second kappa shape index (κ2) is 13.1. The molecule has 2 aromatic carbocycles. The molecule has 6 rings (SSSR count). The van der Waals surface area contributed by atoms with Crippen molar-refractivity contribution in [3.8, 4) is 5.75 Å². The van der Waals surface area contributed by atoms with Crippen LogP contribution in [0.15, 0.2) is 41.3 Å². The lowest BCUT2D eigenvalue weighted by molar-refractivity contribution is -0.119. The summed E-state index contributed by atoms with van der Waals surface area (Å²) in [5.41, 5.74) is -1.78. The van der Waals surface area contributed by atoms with Crippen LogP contribution in [0.3, 0.4) is 0 Å². The fraction of sp³-hybridized carbons (Fsp3) is 0.438. The van der Waals surface area contributed by atoms with Crippen LogP contribution in [-0.4, -0.2) is 83.7 Å². The largest absolute Gasteiger partial charge is 0.487 e. The molecule has 2 unspecified atom stereocenters. The summed E-state index contributed by atoms with van der Waals surface area (Å²) in [5.74, 6) is -3.41. The van der Waals surface area contributed by atoms with Gasteiger partial charge in [-0.15, -0.1) is 0 Å². The van der Waals surface area contributed by atoms with Gasteiger partial charge in [-0.05, 0) is 49.9 Å². The van der Waals surface area contributed by atoms with Crippen LogP contribution in [0, 0.1) is 11.6 Å². The van der Waals surface area contributed by atoms with Crippen LogP contribution in [0.4, 0.5) is 25.0 Å². The number of aromatic nitrogens is 1. The number of aromatic carboxylic acids is 1. The number of fused-ring (bicyclic) bond motifs is 1. The van der Waals surface area contributed by atoms with Crippen molar-refractivity contribution >= 4 is 47.8 Å². The summed E-state index contributed by atoms with van der Waals surface area (Å²) in [6, 6.07) is 6.42. The van der Waals surface area contributed by atoms with E-state index in [0.717, 1.165) is 31.6 Å². The molecule has 0 spiro atoms. The van der Waals surface area contributed by atoms with Crippen LogP contribution in [0.1, 0.15) is 49.0 Å². The van der Waals surface area contributed by atoms with Crippen molar-refractivity contribution in [3.63, 3.8) is 0 Å². The third kappa shape index (κ3) is 7.41. The predicted molar refractivity (Wildman–Crippen MR) is 173 cm³/mol. The summed E-state index contributed by atoms with van der Waals surface area (Å²) in [4.78, 5) is 61.2. The number of cyclic esters (lactones) is 1. The molecule has 0 radical (unpaired) electrons. The lowest BCUT2D eigenvalue weighted by Crippen LogP contribution is -2.49. The van der Waals surface area contributed by atoms with Gasteiger partial charge >= 0.3 is 19.7 Å². The number of piperidine rings is 1. The Morgan fingerprint density at radius 1 is 1.12 bits per heavy atom. The summed E-state index contributed by atoms with van der Waals surface area (Å²) >= 11 is 0. The number of hydrogen-bond donors (Lipinski definition) is 3. The quantitative estimate of drug-likeness (QED) is 0.246. The van der Waals surface area contributed by atoms with E-state index < -0.39 is 54.0 Å². The molecule has 3 N–H and O–H groups in total. The van der Waals surface area contributed by atoms with E-state index in [9.17, 15) is 33.7 Å². The number of carbonyl (C=O) groups is 3. The summed E-state index contributed by atoms with van der Waals surface area (Å²) in [7, 11) is -4.08. The van der Waals surface area contributed by atoms with Crippen molar-refractivity contribution in [2.45, 2.75) is 50.4 Å². The van der Waals surface area contributed by atoms with E-state index in [1.54, 1.807) is 9.47 Å². The van der Waals surface area contributed by atoms with Crippen LogP contribution in [0.5, 0.6) is 5.75 Å². The smallest absolute Gasteiger partial charge is 0.414 e. The maximum absolute atomic E-state index is 15.5. The Morgan fingerprint density at radius 2 is 1.84 bits per heavy atom. The second-order valence-corrected chi connectivity index (χ2v) is 14.4. The number of amides is 2. The molecule has 262 valence electrons. The molecule has 14 nitrogen and oxygen atoms in total. The Hall–Kier alpha value is -4.53. The van der Waals surface area contributed by atoms with Crippen molar-refractivity contribution in [1.82, 2.24) is 9.88 Å². The Labute approximate surface area is 278 Å². The van der Waals surface area contributed by atoms with Crippen LogP contribution >= 0.6 is 7.60 Å². The van der Waals surface area contributed by atoms with Crippen LogP contribution < -0.4 is 25.3 Å². The van der Waals surface area contributed by atoms with E-state index in [4.69, 9.17) is 14.0 Å². The lowest BCUT2D eigenvalue weighted by Gasteiger charge is -2.42. The summed E-state index contributed by atoms with van der Waals surface area (Å²) < 4.78 is 61.6. The number of hydrogen-bond acceptors (Lipinski definition) is 9. The highest BCUT2D eigenvalue weighted by Gasteiger charge is 2.42. The van der Waals surface area contributed by atoms with Gasteiger partial charge in [-0.1, -0.05) is 0 Å². The van der Waals surface area contributed by atoms with Crippen molar-refractivity contribution in [2.75, 3.05) is 49.3 Å². The van der Waals surface area contributed by atoms with Gasteiger partial charge in [-0.2, -0.15) is 0 Å². The molecule has 1 aliphatic carbocycles. The lowest BCUT2D eigenvalue weighted by atomic mass is 9.92. The highest BCUT2D eigenvalue weighted by atomic mass is 31.2. The minimum atomic E-state index is -4.08. The first-order valence-corrected chi connectivity index (χ1v) is 17.7. The molecule has 17 heteroatoms. The second-order valence-electron chi connectivity index (χ2n) is 12.7. The van der Waals surface area contributed by atoms with E-state index in [0.29, 0.717) is 5.52 Å². The zero-order valence-electron chi connectivity index (χ0n) is 26.7. The van der Waals surface area contributed by atoms with Gasteiger partial charge < -0.3 is 34.3 Å².